The molecule has 0 atom stereocenters. The number of hydrogen-bond acceptors (Lipinski definition) is 3. The highest BCUT2D eigenvalue weighted by molar-refractivity contribution is 7.89. The summed E-state index contributed by atoms with van der Waals surface area (Å²) in [6.07, 6.45) is -3.98. The van der Waals surface area contributed by atoms with Crippen molar-refractivity contribution in [3.05, 3.63) is 28.8 Å². The molecule has 1 aromatic rings. The molecule has 1 rings (SSSR count). The summed E-state index contributed by atoms with van der Waals surface area (Å²) in [6.45, 7) is -1.72. The van der Waals surface area contributed by atoms with Crippen LogP contribution >= 0.6 is 11.6 Å². The lowest BCUT2D eigenvalue weighted by Gasteiger charge is -2.16. The lowest BCUT2D eigenvalue weighted by molar-refractivity contribution is -0.122. The van der Waals surface area contributed by atoms with Crippen LogP contribution in [0.1, 0.15) is 5.56 Å². The van der Waals surface area contributed by atoms with Crippen LogP contribution in [0.2, 0.25) is 5.02 Å². The standard InChI is InChI=1S/C10H11ClF4N2O2S/c11-7-2-1-6(4-16)3-8(7)20(18,19)17-5-10(14,15)9(12)13/h1-3,9,17H,4-5,16H2. The summed E-state index contributed by atoms with van der Waals surface area (Å²) in [4.78, 5) is -0.493. The van der Waals surface area contributed by atoms with Gasteiger partial charge in [0.05, 0.1) is 11.6 Å². The van der Waals surface area contributed by atoms with Crippen LogP contribution in [0.3, 0.4) is 0 Å². The zero-order valence-corrected chi connectivity index (χ0v) is 11.5. The lowest BCUT2D eigenvalue weighted by atomic mass is 10.2. The molecule has 10 heteroatoms. The van der Waals surface area contributed by atoms with E-state index in [2.05, 4.69) is 0 Å². The van der Waals surface area contributed by atoms with Gasteiger partial charge in [0.2, 0.25) is 10.0 Å². The summed E-state index contributed by atoms with van der Waals surface area (Å²) in [5.74, 6) is -4.47. The van der Waals surface area contributed by atoms with Crippen LogP contribution in [0.25, 0.3) is 0 Å². The van der Waals surface area contributed by atoms with Gasteiger partial charge in [-0.05, 0) is 17.7 Å². The number of alkyl halides is 4. The first-order valence-electron chi connectivity index (χ1n) is 5.24. The highest BCUT2D eigenvalue weighted by atomic mass is 35.5. The molecule has 0 saturated heterocycles. The van der Waals surface area contributed by atoms with Crippen LogP contribution < -0.4 is 10.5 Å². The molecular weight excluding hydrogens is 324 g/mol. The minimum absolute atomic E-state index is 0.00683. The van der Waals surface area contributed by atoms with Gasteiger partial charge in [-0.15, -0.1) is 0 Å². The Hall–Kier alpha value is -0.900. The van der Waals surface area contributed by atoms with Gasteiger partial charge in [0.1, 0.15) is 4.90 Å². The first-order chi connectivity index (χ1) is 9.10. The Morgan fingerprint density at radius 2 is 1.95 bits per heavy atom. The van der Waals surface area contributed by atoms with Gasteiger partial charge in [-0.1, -0.05) is 17.7 Å². The van der Waals surface area contributed by atoms with Crippen LogP contribution in [0.4, 0.5) is 17.6 Å². The molecule has 0 radical (unpaired) electrons. The third-order valence-electron chi connectivity index (χ3n) is 2.34. The maximum atomic E-state index is 12.7. The smallest absolute Gasteiger partial charge is 0.320 e. The van der Waals surface area contributed by atoms with E-state index >= 15 is 0 Å². The molecule has 0 spiro atoms. The molecule has 1 aromatic carbocycles. The second kappa shape index (κ2) is 6.25. The molecular formula is C10H11ClF4N2O2S. The van der Waals surface area contributed by atoms with Crippen molar-refractivity contribution in [1.29, 1.82) is 0 Å². The predicted molar refractivity (Wildman–Crippen MR) is 65.5 cm³/mol. The Morgan fingerprint density at radius 1 is 1.35 bits per heavy atom. The average Bonchev–Trinajstić information content (AvgIpc) is 2.37. The van der Waals surface area contributed by atoms with E-state index in [4.69, 9.17) is 17.3 Å². The summed E-state index contributed by atoms with van der Waals surface area (Å²) in [6, 6.07) is 3.77. The first kappa shape index (κ1) is 17.2. The van der Waals surface area contributed by atoms with Crippen LogP contribution in [0, 0.1) is 0 Å². The van der Waals surface area contributed by atoms with Crippen molar-refractivity contribution in [2.75, 3.05) is 6.54 Å². The molecule has 0 aliphatic carbocycles. The summed E-state index contributed by atoms with van der Waals surface area (Å²) in [7, 11) is -4.44. The molecule has 114 valence electrons. The van der Waals surface area contributed by atoms with E-state index in [0.717, 1.165) is 6.07 Å². The minimum Gasteiger partial charge on any atom is -0.326 e. The number of benzene rings is 1. The van der Waals surface area contributed by atoms with E-state index < -0.39 is 33.8 Å². The fraction of sp³-hybridized carbons (Fsp3) is 0.400. The molecule has 0 aliphatic rings. The van der Waals surface area contributed by atoms with E-state index in [0.29, 0.717) is 5.56 Å². The van der Waals surface area contributed by atoms with Crippen molar-refractivity contribution in [1.82, 2.24) is 4.72 Å². The summed E-state index contributed by atoms with van der Waals surface area (Å²) in [5.41, 5.74) is 5.72. The van der Waals surface area contributed by atoms with Crippen molar-refractivity contribution in [3.63, 3.8) is 0 Å². The predicted octanol–water partition coefficient (Wildman–Crippen LogP) is 1.98. The SMILES string of the molecule is NCc1ccc(Cl)c(S(=O)(=O)NCC(F)(F)C(F)F)c1. The highest BCUT2D eigenvalue weighted by Gasteiger charge is 2.41. The zero-order valence-electron chi connectivity index (χ0n) is 9.92. The van der Waals surface area contributed by atoms with Gasteiger partial charge in [-0.2, -0.15) is 8.78 Å². The second-order valence-electron chi connectivity index (χ2n) is 3.86. The van der Waals surface area contributed by atoms with Crippen molar-refractivity contribution in [2.45, 2.75) is 23.8 Å². The molecule has 0 amide bonds. The first-order valence-corrected chi connectivity index (χ1v) is 7.10. The number of rotatable bonds is 6. The quantitative estimate of drug-likeness (QED) is 0.781. The third kappa shape index (κ3) is 4.05. The normalized spacial score (nSPS) is 12.9. The molecule has 0 aliphatic heterocycles. The lowest BCUT2D eigenvalue weighted by Crippen LogP contribution is -2.41. The van der Waals surface area contributed by atoms with Gasteiger partial charge >= 0.3 is 12.3 Å². The number of halogens is 5. The largest absolute Gasteiger partial charge is 0.326 e. The third-order valence-corrected chi connectivity index (χ3v) is 4.22. The van der Waals surface area contributed by atoms with Crippen molar-refractivity contribution >= 4 is 21.6 Å². The Kier molecular flexibility index (Phi) is 5.36. The van der Waals surface area contributed by atoms with Crippen LogP contribution in [-0.4, -0.2) is 27.3 Å². The van der Waals surface area contributed by atoms with Gasteiger partial charge < -0.3 is 5.73 Å². The van der Waals surface area contributed by atoms with Gasteiger partial charge in [0.25, 0.3) is 0 Å². The van der Waals surface area contributed by atoms with Gasteiger partial charge in [0.15, 0.2) is 0 Å². The maximum absolute atomic E-state index is 12.7. The average molecular weight is 335 g/mol. The zero-order chi connectivity index (χ0) is 15.6. The maximum Gasteiger partial charge on any atom is 0.320 e. The molecule has 3 N–H and O–H groups in total. The molecule has 0 aromatic heterocycles. The van der Waals surface area contributed by atoms with Crippen LogP contribution in [0.5, 0.6) is 0 Å². The number of nitrogens with two attached hydrogens (primary N) is 1. The Morgan fingerprint density at radius 3 is 2.45 bits per heavy atom. The summed E-state index contributed by atoms with van der Waals surface area (Å²) in [5, 5.41) is -0.227. The van der Waals surface area contributed by atoms with Crippen molar-refractivity contribution in [2.24, 2.45) is 5.73 Å². The van der Waals surface area contributed by atoms with Crippen LogP contribution in [0.15, 0.2) is 23.1 Å². The monoisotopic (exact) mass is 334 g/mol. The minimum atomic E-state index is -4.47. The fourth-order valence-corrected chi connectivity index (χ4v) is 2.82. The van der Waals surface area contributed by atoms with Crippen LogP contribution in [-0.2, 0) is 16.6 Å². The highest BCUT2D eigenvalue weighted by Crippen LogP contribution is 2.25. The van der Waals surface area contributed by atoms with E-state index in [1.165, 1.54) is 16.9 Å². The molecule has 4 nitrogen and oxygen atoms in total. The van der Waals surface area contributed by atoms with Gasteiger partial charge in [0, 0.05) is 6.54 Å². The molecule has 0 bridgehead atoms. The summed E-state index contributed by atoms with van der Waals surface area (Å²) < 4.78 is 74.3. The summed E-state index contributed by atoms with van der Waals surface area (Å²) >= 11 is 5.65. The van der Waals surface area contributed by atoms with Crippen molar-refractivity contribution in [3.8, 4) is 0 Å². The van der Waals surface area contributed by atoms with E-state index in [9.17, 15) is 26.0 Å². The topological polar surface area (TPSA) is 72.2 Å². The molecule has 0 unspecified atom stereocenters. The number of sulfonamides is 1. The Bertz CT molecular complexity index is 581. The molecule has 0 saturated carbocycles. The van der Waals surface area contributed by atoms with E-state index in [1.807, 2.05) is 0 Å². The Balaban J connectivity index is 3.00. The second-order valence-corrected chi connectivity index (χ2v) is 6.00. The molecule has 20 heavy (non-hydrogen) atoms. The van der Waals surface area contributed by atoms with Gasteiger partial charge in [-0.3, -0.25) is 0 Å². The molecule has 0 fully saturated rings. The number of hydrogen-bond donors (Lipinski definition) is 2. The van der Waals surface area contributed by atoms with Crippen molar-refractivity contribution < 1.29 is 26.0 Å². The van der Waals surface area contributed by atoms with E-state index in [1.54, 1.807) is 0 Å². The molecule has 0 heterocycles. The number of nitrogens with one attached hydrogen (secondary N) is 1. The van der Waals surface area contributed by atoms with E-state index in [-0.39, 0.29) is 11.6 Å². The van der Waals surface area contributed by atoms with Gasteiger partial charge in [-0.25, -0.2) is 21.9 Å². The fourth-order valence-electron chi connectivity index (χ4n) is 1.23. The Labute approximate surface area is 118 Å².